The van der Waals surface area contributed by atoms with Crippen molar-refractivity contribution in [3.63, 3.8) is 0 Å². The van der Waals surface area contributed by atoms with Crippen molar-refractivity contribution in [2.45, 2.75) is 0 Å². The number of benzene rings is 3. The number of urea groups is 1. The standard InChI is InChI=1S/C26H20ClN5O2/c27-16-6-8-17(9-7-16)30-26(34)31-20-4-1-3-19(13-20)29-21-10-11-22-23(14-18-5-2-12-28-18)25(33)32-24(22)15-21/h1-15,28-29H,(H,32,33)(H2,30,31,34)/b23-14-. The van der Waals surface area contributed by atoms with Gasteiger partial charge in [0.25, 0.3) is 5.91 Å². The molecule has 3 amide bonds. The first-order chi connectivity index (χ1) is 16.5. The minimum atomic E-state index is -0.360. The molecule has 0 saturated carbocycles. The van der Waals surface area contributed by atoms with Gasteiger partial charge in [0.15, 0.2) is 0 Å². The molecule has 2 heterocycles. The molecule has 3 aromatic carbocycles. The topological polar surface area (TPSA) is 98.0 Å². The molecule has 168 valence electrons. The molecule has 0 spiro atoms. The molecule has 1 aliphatic rings. The van der Waals surface area contributed by atoms with E-state index in [1.54, 1.807) is 30.3 Å². The van der Waals surface area contributed by atoms with Gasteiger partial charge >= 0.3 is 6.03 Å². The lowest BCUT2D eigenvalue weighted by molar-refractivity contribution is -0.110. The molecule has 1 aliphatic heterocycles. The van der Waals surface area contributed by atoms with Crippen LogP contribution in [0.5, 0.6) is 0 Å². The van der Waals surface area contributed by atoms with Crippen LogP contribution in [-0.4, -0.2) is 16.9 Å². The molecule has 5 N–H and O–H groups in total. The third-order valence-corrected chi connectivity index (χ3v) is 5.49. The summed E-state index contributed by atoms with van der Waals surface area (Å²) in [6.45, 7) is 0. The van der Waals surface area contributed by atoms with E-state index in [1.165, 1.54) is 0 Å². The summed E-state index contributed by atoms with van der Waals surface area (Å²) in [6, 6.07) is 23.4. The number of carbonyl (C=O) groups is 2. The molecule has 34 heavy (non-hydrogen) atoms. The van der Waals surface area contributed by atoms with Gasteiger partial charge in [-0.1, -0.05) is 23.7 Å². The van der Waals surface area contributed by atoms with Crippen molar-refractivity contribution in [3.05, 3.63) is 101 Å². The average molecular weight is 470 g/mol. The molecular weight excluding hydrogens is 450 g/mol. The summed E-state index contributed by atoms with van der Waals surface area (Å²) in [5, 5.41) is 12.4. The second-order valence-electron chi connectivity index (χ2n) is 7.69. The van der Waals surface area contributed by atoms with Crippen LogP contribution in [0.4, 0.5) is 33.2 Å². The summed E-state index contributed by atoms with van der Waals surface area (Å²) in [5.41, 5.74) is 5.93. The molecule has 4 aromatic rings. The summed E-state index contributed by atoms with van der Waals surface area (Å²) in [6.07, 6.45) is 3.65. The normalized spacial score (nSPS) is 13.3. The van der Waals surface area contributed by atoms with Crippen molar-refractivity contribution in [1.29, 1.82) is 0 Å². The highest BCUT2D eigenvalue weighted by atomic mass is 35.5. The second-order valence-corrected chi connectivity index (χ2v) is 8.13. The number of amides is 3. The molecule has 1 aromatic heterocycles. The molecule has 8 heteroatoms. The van der Waals surface area contributed by atoms with Gasteiger partial charge in [-0.05, 0) is 72.8 Å². The zero-order valence-electron chi connectivity index (χ0n) is 17.9. The van der Waals surface area contributed by atoms with Crippen molar-refractivity contribution < 1.29 is 9.59 Å². The molecular formula is C26H20ClN5O2. The fourth-order valence-corrected chi connectivity index (χ4v) is 3.80. The Hall–Kier alpha value is -4.49. The largest absolute Gasteiger partial charge is 0.362 e. The van der Waals surface area contributed by atoms with Gasteiger partial charge in [-0.15, -0.1) is 0 Å². The Morgan fingerprint density at radius 3 is 2.35 bits per heavy atom. The number of hydrogen-bond donors (Lipinski definition) is 5. The van der Waals surface area contributed by atoms with E-state index in [1.807, 2.05) is 60.8 Å². The second kappa shape index (κ2) is 9.17. The van der Waals surface area contributed by atoms with Crippen molar-refractivity contribution in [1.82, 2.24) is 4.98 Å². The van der Waals surface area contributed by atoms with Crippen molar-refractivity contribution >= 4 is 63.6 Å². The first-order valence-corrected chi connectivity index (χ1v) is 10.9. The number of anilines is 5. The fourth-order valence-electron chi connectivity index (χ4n) is 3.67. The lowest BCUT2D eigenvalue weighted by Crippen LogP contribution is -2.19. The molecule has 0 aliphatic carbocycles. The van der Waals surface area contributed by atoms with Crippen LogP contribution < -0.4 is 21.3 Å². The number of aromatic amines is 1. The Balaban J connectivity index is 1.28. The fraction of sp³-hybridized carbons (Fsp3) is 0. The summed E-state index contributed by atoms with van der Waals surface area (Å²) in [7, 11) is 0. The van der Waals surface area contributed by atoms with Gasteiger partial charge in [-0.2, -0.15) is 0 Å². The van der Waals surface area contributed by atoms with Crippen LogP contribution in [0.2, 0.25) is 5.02 Å². The van der Waals surface area contributed by atoms with Gasteiger partial charge < -0.3 is 26.3 Å². The van der Waals surface area contributed by atoms with Crippen LogP contribution in [0.15, 0.2) is 85.1 Å². The van der Waals surface area contributed by atoms with Crippen LogP contribution in [0, 0.1) is 0 Å². The van der Waals surface area contributed by atoms with Gasteiger partial charge in [-0.3, -0.25) is 4.79 Å². The highest BCUT2D eigenvalue weighted by Crippen LogP contribution is 2.35. The predicted octanol–water partition coefficient (Wildman–Crippen LogP) is 6.55. The van der Waals surface area contributed by atoms with E-state index in [-0.39, 0.29) is 11.9 Å². The van der Waals surface area contributed by atoms with Crippen molar-refractivity contribution in [2.24, 2.45) is 0 Å². The van der Waals surface area contributed by atoms with E-state index < -0.39 is 0 Å². The van der Waals surface area contributed by atoms with Gasteiger partial charge in [-0.25, -0.2) is 4.79 Å². The Morgan fingerprint density at radius 1 is 0.824 bits per heavy atom. The Bertz CT molecular complexity index is 1400. The van der Waals surface area contributed by atoms with Crippen molar-refractivity contribution in [3.8, 4) is 0 Å². The molecule has 0 unspecified atom stereocenters. The van der Waals surface area contributed by atoms with Crippen molar-refractivity contribution in [2.75, 3.05) is 21.3 Å². The summed E-state index contributed by atoms with van der Waals surface area (Å²) < 4.78 is 0. The Morgan fingerprint density at radius 2 is 1.56 bits per heavy atom. The highest BCUT2D eigenvalue weighted by Gasteiger charge is 2.24. The molecule has 0 radical (unpaired) electrons. The summed E-state index contributed by atoms with van der Waals surface area (Å²) in [5.74, 6) is -0.139. The quantitative estimate of drug-likeness (QED) is 0.214. The van der Waals surface area contributed by atoms with Crippen LogP contribution in [0.1, 0.15) is 11.3 Å². The van der Waals surface area contributed by atoms with Crippen LogP contribution in [0.3, 0.4) is 0 Å². The maximum Gasteiger partial charge on any atom is 0.323 e. The molecule has 0 saturated heterocycles. The number of nitrogens with one attached hydrogen (secondary N) is 5. The van der Waals surface area contributed by atoms with E-state index in [0.29, 0.717) is 22.0 Å². The van der Waals surface area contributed by atoms with Gasteiger partial charge in [0.05, 0.1) is 11.3 Å². The maximum atomic E-state index is 12.5. The van der Waals surface area contributed by atoms with Crippen LogP contribution in [-0.2, 0) is 4.79 Å². The predicted molar refractivity (Wildman–Crippen MR) is 138 cm³/mol. The Kier molecular flexibility index (Phi) is 5.76. The molecule has 0 bridgehead atoms. The summed E-state index contributed by atoms with van der Waals surface area (Å²) in [4.78, 5) is 27.9. The number of rotatable bonds is 5. The monoisotopic (exact) mass is 469 g/mol. The zero-order valence-corrected chi connectivity index (χ0v) is 18.6. The minimum Gasteiger partial charge on any atom is -0.362 e. The smallest absolute Gasteiger partial charge is 0.323 e. The number of halogens is 1. The number of H-pyrrole nitrogens is 1. The third-order valence-electron chi connectivity index (χ3n) is 5.24. The lowest BCUT2D eigenvalue weighted by Gasteiger charge is -2.11. The van der Waals surface area contributed by atoms with Gasteiger partial charge in [0.2, 0.25) is 0 Å². The van der Waals surface area contributed by atoms with E-state index in [0.717, 1.165) is 28.3 Å². The van der Waals surface area contributed by atoms with Gasteiger partial charge in [0.1, 0.15) is 0 Å². The molecule has 0 fully saturated rings. The number of carbonyl (C=O) groups excluding carboxylic acids is 2. The minimum absolute atomic E-state index is 0.139. The maximum absolute atomic E-state index is 12.5. The van der Waals surface area contributed by atoms with E-state index in [2.05, 4.69) is 26.3 Å². The van der Waals surface area contributed by atoms with Crippen LogP contribution in [0.25, 0.3) is 11.6 Å². The number of fused-ring (bicyclic) bond motifs is 1. The first-order valence-electron chi connectivity index (χ1n) is 10.5. The summed E-state index contributed by atoms with van der Waals surface area (Å²) >= 11 is 5.88. The van der Waals surface area contributed by atoms with E-state index >= 15 is 0 Å². The van der Waals surface area contributed by atoms with E-state index in [4.69, 9.17) is 11.6 Å². The van der Waals surface area contributed by atoms with Gasteiger partial charge in [0, 0.05) is 45.2 Å². The highest BCUT2D eigenvalue weighted by molar-refractivity contribution is 6.35. The SMILES string of the molecule is O=C(Nc1ccc(Cl)cc1)Nc1cccc(Nc2ccc3c(c2)NC(=O)/C3=C\c2ccc[nH]2)c1. The van der Waals surface area contributed by atoms with Crippen LogP contribution >= 0.6 is 11.6 Å². The molecule has 7 nitrogen and oxygen atoms in total. The zero-order chi connectivity index (χ0) is 23.5. The third kappa shape index (κ3) is 4.79. The molecule has 5 rings (SSSR count). The number of hydrogen-bond acceptors (Lipinski definition) is 3. The lowest BCUT2D eigenvalue weighted by atomic mass is 10.1. The average Bonchev–Trinajstić information content (AvgIpc) is 3.43. The Labute approximate surface area is 200 Å². The number of aromatic nitrogens is 1. The van der Waals surface area contributed by atoms with E-state index in [9.17, 15) is 9.59 Å². The molecule has 0 atom stereocenters. The first kappa shape index (κ1) is 21.4.